The summed E-state index contributed by atoms with van der Waals surface area (Å²) in [5, 5.41) is 9.41. The van der Waals surface area contributed by atoms with Gasteiger partial charge in [0.15, 0.2) is 0 Å². The van der Waals surface area contributed by atoms with Crippen LogP contribution in [0.15, 0.2) is 48.5 Å². The smallest absolute Gasteiger partial charge is 0.0992 e. The summed E-state index contributed by atoms with van der Waals surface area (Å²) >= 11 is 6.18. The number of hydrogen-bond acceptors (Lipinski definition) is 2. The number of anilines is 1. The average Bonchev–Trinajstić information content (AvgIpc) is 2.39. The Labute approximate surface area is 112 Å². The quantitative estimate of drug-likeness (QED) is 0.834. The lowest BCUT2D eigenvalue weighted by Crippen LogP contribution is -2.16. The van der Waals surface area contributed by atoms with E-state index in [1.165, 1.54) is 5.56 Å². The van der Waals surface area contributed by atoms with Crippen LogP contribution in [0.25, 0.3) is 0 Å². The maximum absolute atomic E-state index is 8.80. The van der Waals surface area contributed by atoms with E-state index in [0.717, 1.165) is 12.2 Å². The summed E-state index contributed by atoms with van der Waals surface area (Å²) in [6.07, 6.45) is 0. The molecule has 0 aromatic heterocycles. The molecule has 18 heavy (non-hydrogen) atoms. The van der Waals surface area contributed by atoms with Gasteiger partial charge < -0.3 is 4.90 Å². The molecule has 90 valence electrons. The number of benzene rings is 2. The molecule has 0 aliphatic rings. The SMILES string of the molecule is CN(Cc1ccccc1)c1ccc(C#N)cc1Cl. The van der Waals surface area contributed by atoms with E-state index in [4.69, 9.17) is 16.9 Å². The van der Waals surface area contributed by atoms with E-state index in [9.17, 15) is 0 Å². The highest BCUT2D eigenvalue weighted by molar-refractivity contribution is 6.33. The van der Waals surface area contributed by atoms with Crippen LogP contribution in [-0.2, 0) is 6.54 Å². The van der Waals surface area contributed by atoms with Gasteiger partial charge in [-0.25, -0.2) is 0 Å². The summed E-state index contributed by atoms with van der Waals surface area (Å²) in [5.41, 5.74) is 2.73. The minimum absolute atomic E-state index is 0.580. The second-order valence-electron chi connectivity index (χ2n) is 4.12. The second-order valence-corrected chi connectivity index (χ2v) is 4.53. The lowest BCUT2D eigenvalue weighted by Gasteiger charge is -2.20. The third-order valence-electron chi connectivity index (χ3n) is 2.75. The molecule has 0 amide bonds. The molecule has 2 rings (SSSR count). The standard InChI is InChI=1S/C15H13ClN2/c1-18(11-12-5-3-2-4-6-12)15-8-7-13(10-17)9-14(15)16/h2-9H,11H2,1H3. The van der Waals surface area contributed by atoms with E-state index in [-0.39, 0.29) is 0 Å². The minimum atomic E-state index is 0.580. The predicted octanol–water partition coefficient (Wildman–Crippen LogP) is 3.85. The zero-order valence-corrected chi connectivity index (χ0v) is 10.9. The molecule has 0 unspecified atom stereocenters. The maximum Gasteiger partial charge on any atom is 0.0992 e. The first-order chi connectivity index (χ1) is 8.70. The highest BCUT2D eigenvalue weighted by Gasteiger charge is 2.07. The van der Waals surface area contributed by atoms with Gasteiger partial charge in [0.2, 0.25) is 0 Å². The predicted molar refractivity (Wildman–Crippen MR) is 74.7 cm³/mol. The molecule has 2 aromatic rings. The van der Waals surface area contributed by atoms with Crippen LogP contribution in [0.2, 0.25) is 5.02 Å². The Morgan fingerprint density at radius 2 is 1.89 bits per heavy atom. The minimum Gasteiger partial charge on any atom is -0.369 e. The van der Waals surface area contributed by atoms with Crippen LogP contribution in [0.1, 0.15) is 11.1 Å². The van der Waals surface area contributed by atoms with Crippen molar-refractivity contribution in [1.82, 2.24) is 0 Å². The van der Waals surface area contributed by atoms with Gasteiger partial charge in [0.1, 0.15) is 0 Å². The molecule has 0 saturated heterocycles. The molecule has 3 heteroatoms. The zero-order chi connectivity index (χ0) is 13.0. The molecule has 0 spiro atoms. The summed E-state index contributed by atoms with van der Waals surface area (Å²) in [5.74, 6) is 0. The summed E-state index contributed by atoms with van der Waals surface area (Å²) in [7, 11) is 1.99. The van der Waals surface area contributed by atoms with Crippen LogP contribution < -0.4 is 4.90 Å². The molecule has 0 aliphatic heterocycles. The summed E-state index contributed by atoms with van der Waals surface area (Å²) in [6.45, 7) is 0.784. The van der Waals surface area contributed by atoms with Gasteiger partial charge >= 0.3 is 0 Å². The van der Waals surface area contributed by atoms with Gasteiger partial charge in [-0.1, -0.05) is 41.9 Å². The number of rotatable bonds is 3. The van der Waals surface area contributed by atoms with Crippen LogP contribution in [0.4, 0.5) is 5.69 Å². The van der Waals surface area contributed by atoms with Gasteiger partial charge in [0, 0.05) is 13.6 Å². The molecule has 0 aliphatic carbocycles. The Hall–Kier alpha value is -1.98. The molecule has 0 fully saturated rings. The van der Waals surface area contributed by atoms with E-state index in [1.807, 2.05) is 31.3 Å². The van der Waals surface area contributed by atoms with E-state index in [2.05, 4.69) is 23.1 Å². The van der Waals surface area contributed by atoms with Crippen LogP contribution in [0, 0.1) is 11.3 Å². The van der Waals surface area contributed by atoms with Crippen molar-refractivity contribution in [3.8, 4) is 6.07 Å². The molecular formula is C15H13ClN2. The van der Waals surface area contributed by atoms with Crippen molar-refractivity contribution in [1.29, 1.82) is 5.26 Å². The van der Waals surface area contributed by atoms with Crippen molar-refractivity contribution in [3.63, 3.8) is 0 Å². The molecular weight excluding hydrogens is 244 g/mol. The van der Waals surface area contributed by atoms with Gasteiger partial charge in [-0.2, -0.15) is 5.26 Å². The Balaban J connectivity index is 2.19. The van der Waals surface area contributed by atoms with E-state index in [1.54, 1.807) is 12.1 Å². The fraction of sp³-hybridized carbons (Fsp3) is 0.133. The highest BCUT2D eigenvalue weighted by Crippen LogP contribution is 2.26. The van der Waals surface area contributed by atoms with Crippen molar-refractivity contribution in [2.24, 2.45) is 0 Å². The van der Waals surface area contributed by atoms with E-state index < -0.39 is 0 Å². The fourth-order valence-electron chi connectivity index (χ4n) is 1.83. The average molecular weight is 257 g/mol. The first kappa shape index (κ1) is 12.5. The van der Waals surface area contributed by atoms with Gasteiger partial charge in [0.25, 0.3) is 0 Å². The maximum atomic E-state index is 8.80. The first-order valence-corrected chi connectivity index (χ1v) is 6.03. The summed E-state index contributed by atoms with van der Waals surface area (Å²) in [6, 6.07) is 17.6. The van der Waals surface area contributed by atoms with Crippen molar-refractivity contribution in [2.75, 3.05) is 11.9 Å². The second kappa shape index (κ2) is 5.57. The van der Waals surface area contributed by atoms with Crippen LogP contribution in [-0.4, -0.2) is 7.05 Å². The third kappa shape index (κ3) is 2.82. The van der Waals surface area contributed by atoms with Gasteiger partial charge in [-0.05, 0) is 23.8 Å². The molecule has 0 heterocycles. The van der Waals surface area contributed by atoms with Crippen molar-refractivity contribution in [2.45, 2.75) is 6.54 Å². The Morgan fingerprint density at radius 3 is 2.50 bits per heavy atom. The van der Waals surface area contributed by atoms with Crippen molar-refractivity contribution < 1.29 is 0 Å². The van der Waals surface area contributed by atoms with Gasteiger partial charge in [-0.15, -0.1) is 0 Å². The number of halogens is 1. The molecule has 0 N–H and O–H groups in total. The molecule has 0 saturated carbocycles. The highest BCUT2D eigenvalue weighted by atomic mass is 35.5. The monoisotopic (exact) mass is 256 g/mol. The summed E-state index contributed by atoms with van der Waals surface area (Å²) in [4.78, 5) is 2.07. The largest absolute Gasteiger partial charge is 0.369 e. The lowest BCUT2D eigenvalue weighted by molar-refractivity contribution is 0.923. The van der Waals surface area contributed by atoms with Gasteiger partial charge in [-0.3, -0.25) is 0 Å². The van der Waals surface area contributed by atoms with E-state index >= 15 is 0 Å². The van der Waals surface area contributed by atoms with E-state index in [0.29, 0.717) is 10.6 Å². The normalized spacial score (nSPS) is 9.83. The van der Waals surface area contributed by atoms with Crippen molar-refractivity contribution in [3.05, 3.63) is 64.7 Å². The van der Waals surface area contributed by atoms with Crippen LogP contribution >= 0.6 is 11.6 Å². The molecule has 2 nitrogen and oxygen atoms in total. The Bertz CT molecular complexity index is 573. The topological polar surface area (TPSA) is 27.0 Å². The number of hydrogen-bond donors (Lipinski definition) is 0. The van der Waals surface area contributed by atoms with Crippen molar-refractivity contribution >= 4 is 17.3 Å². The van der Waals surface area contributed by atoms with Crippen LogP contribution in [0.3, 0.4) is 0 Å². The molecule has 0 radical (unpaired) electrons. The molecule has 2 aromatic carbocycles. The third-order valence-corrected chi connectivity index (χ3v) is 3.05. The Kier molecular flexibility index (Phi) is 3.86. The summed E-state index contributed by atoms with van der Waals surface area (Å²) < 4.78 is 0. The molecule has 0 atom stereocenters. The number of nitrogens with zero attached hydrogens (tertiary/aromatic N) is 2. The Morgan fingerprint density at radius 1 is 1.17 bits per heavy atom. The zero-order valence-electron chi connectivity index (χ0n) is 10.1. The fourth-order valence-corrected chi connectivity index (χ4v) is 2.15. The van der Waals surface area contributed by atoms with Gasteiger partial charge in [0.05, 0.1) is 22.3 Å². The van der Waals surface area contributed by atoms with Crippen LogP contribution in [0.5, 0.6) is 0 Å². The molecule has 0 bridgehead atoms. The lowest BCUT2D eigenvalue weighted by atomic mass is 10.2. The first-order valence-electron chi connectivity index (χ1n) is 5.65. The number of nitriles is 1.